The summed E-state index contributed by atoms with van der Waals surface area (Å²) in [6.45, 7) is 0. The molecule has 0 bridgehead atoms. The minimum Gasteiger partial charge on any atom is -0.464 e. The average Bonchev–Trinajstić information content (AvgIpc) is 3.06. The van der Waals surface area contributed by atoms with Crippen molar-refractivity contribution >= 4 is 71.5 Å². The van der Waals surface area contributed by atoms with E-state index in [4.69, 9.17) is 9.47 Å². The van der Waals surface area contributed by atoms with Crippen molar-refractivity contribution in [2.24, 2.45) is 9.98 Å². The second-order valence-corrected chi connectivity index (χ2v) is 11.5. The molecule has 0 N–H and O–H groups in total. The van der Waals surface area contributed by atoms with Gasteiger partial charge in [-0.05, 0) is 24.3 Å². The number of nitrogens with zero attached hydrogens (tertiary/aromatic N) is 8. The fraction of sp³-hybridized carbons (Fsp3) is 0.312. The largest absolute Gasteiger partial charge is 2.00 e. The maximum absolute atomic E-state index is 11.7. The molecule has 0 saturated carbocycles. The van der Waals surface area contributed by atoms with Crippen LogP contribution in [-0.2, 0) is 26.5 Å². The number of rotatable bonds is 4. The summed E-state index contributed by atoms with van der Waals surface area (Å²) in [6.07, 6.45) is 0. The summed E-state index contributed by atoms with van der Waals surface area (Å²) >= 11 is 0. The van der Waals surface area contributed by atoms with Gasteiger partial charge in [-0.2, -0.15) is 0 Å². The Hall–Kier alpha value is -5.17. The SMILES string of the molecule is COC(=O)c1ccc2cccc(N=C(N(C)C)N(C)C)c2n1.COC(=O)c1ccc2cccc(N=C(N(C)C)N(C)C)c2n1.F[B-](F)(F)F.F[B-](F)(F)F.[Cu+2]. The summed E-state index contributed by atoms with van der Waals surface area (Å²) < 4.78 is 87.5. The zero-order chi connectivity index (χ0) is 41.6. The van der Waals surface area contributed by atoms with Crippen LogP contribution in [0.5, 0.6) is 0 Å². The number of hydrogen-bond acceptors (Lipinski definition) is 8. The first-order valence-electron chi connectivity index (χ1n) is 15.4. The second kappa shape index (κ2) is 22.3. The summed E-state index contributed by atoms with van der Waals surface area (Å²) in [5, 5.41) is 1.84. The van der Waals surface area contributed by atoms with Gasteiger partial charge in [0.1, 0.15) is 11.4 Å². The molecule has 55 heavy (non-hydrogen) atoms. The zero-order valence-electron chi connectivity index (χ0n) is 31.5. The number of esters is 2. The van der Waals surface area contributed by atoms with Gasteiger partial charge in [0.25, 0.3) is 0 Å². The average molecular weight is 838 g/mol. The number of guanidine groups is 2. The predicted octanol–water partition coefficient (Wildman–Crippen LogP) is 6.86. The quantitative estimate of drug-likeness (QED) is 0.0710. The molecule has 0 spiro atoms. The maximum atomic E-state index is 11.7. The molecule has 4 rings (SSSR count). The number of carbonyl (C=O) groups excluding carboxylic acids is 2. The predicted molar refractivity (Wildman–Crippen MR) is 195 cm³/mol. The summed E-state index contributed by atoms with van der Waals surface area (Å²) in [4.78, 5) is 49.1. The van der Waals surface area contributed by atoms with Crippen molar-refractivity contribution in [3.05, 3.63) is 72.1 Å². The fourth-order valence-corrected chi connectivity index (χ4v) is 4.30. The molecule has 2 heterocycles. The molecule has 0 amide bonds. The van der Waals surface area contributed by atoms with Crippen molar-refractivity contribution in [1.29, 1.82) is 0 Å². The molecule has 0 atom stereocenters. The van der Waals surface area contributed by atoms with E-state index in [-0.39, 0.29) is 28.5 Å². The van der Waals surface area contributed by atoms with E-state index < -0.39 is 26.4 Å². The Bertz CT molecular complexity index is 1760. The topological polar surface area (TPSA) is 116 Å². The van der Waals surface area contributed by atoms with E-state index >= 15 is 0 Å². The second-order valence-electron chi connectivity index (χ2n) is 11.5. The summed E-state index contributed by atoms with van der Waals surface area (Å²) in [7, 11) is 6.11. The molecule has 4 aromatic rings. The van der Waals surface area contributed by atoms with Gasteiger partial charge >= 0.3 is 43.5 Å². The number of pyridine rings is 2. The van der Waals surface area contributed by atoms with E-state index in [0.29, 0.717) is 22.4 Å². The van der Waals surface area contributed by atoms with Gasteiger partial charge in [0.15, 0.2) is 0 Å². The smallest absolute Gasteiger partial charge is 0.464 e. The Morgan fingerprint density at radius 2 is 0.800 bits per heavy atom. The first-order chi connectivity index (χ1) is 24.9. The zero-order valence-corrected chi connectivity index (χ0v) is 32.4. The van der Waals surface area contributed by atoms with Crippen molar-refractivity contribution in [1.82, 2.24) is 29.6 Å². The van der Waals surface area contributed by atoms with Crippen LogP contribution in [0, 0.1) is 0 Å². The fourth-order valence-electron chi connectivity index (χ4n) is 4.30. The number of methoxy groups -OCH3 is 2. The van der Waals surface area contributed by atoms with Crippen molar-refractivity contribution in [3.8, 4) is 0 Å². The molecule has 1 radical (unpaired) electrons. The van der Waals surface area contributed by atoms with Crippen molar-refractivity contribution in [3.63, 3.8) is 0 Å². The van der Waals surface area contributed by atoms with E-state index in [0.717, 1.165) is 22.7 Å². The minimum atomic E-state index is -6.00. The van der Waals surface area contributed by atoms with Gasteiger partial charge in [-0.25, -0.2) is 29.5 Å². The summed E-state index contributed by atoms with van der Waals surface area (Å²) in [5.74, 6) is 0.665. The van der Waals surface area contributed by atoms with Crippen LogP contribution in [0.3, 0.4) is 0 Å². The monoisotopic (exact) mass is 837 g/mol. The molecule has 0 aliphatic heterocycles. The van der Waals surface area contributed by atoms with E-state index in [9.17, 15) is 44.1 Å². The normalized spacial score (nSPS) is 10.4. The number of halogens is 8. The van der Waals surface area contributed by atoms with Gasteiger partial charge in [-0.3, -0.25) is 0 Å². The van der Waals surface area contributed by atoms with Crippen LogP contribution in [0.2, 0.25) is 0 Å². The van der Waals surface area contributed by atoms with Gasteiger partial charge in [-0.15, -0.1) is 0 Å². The van der Waals surface area contributed by atoms with Crippen LogP contribution in [0.15, 0.2) is 70.6 Å². The van der Waals surface area contributed by atoms with Gasteiger partial charge in [0, 0.05) is 67.2 Å². The van der Waals surface area contributed by atoms with Crippen LogP contribution in [0.25, 0.3) is 21.8 Å². The molecule has 0 saturated heterocycles. The molecule has 0 fully saturated rings. The third-order valence-corrected chi connectivity index (χ3v) is 6.23. The molecule has 0 aliphatic rings. The number of fused-ring (bicyclic) bond motifs is 2. The Kier molecular flexibility index (Phi) is 20.2. The van der Waals surface area contributed by atoms with Gasteiger partial charge in [0.05, 0.1) is 36.6 Å². The Morgan fingerprint density at radius 3 is 1.04 bits per heavy atom. The molecule has 2 aromatic carbocycles. The van der Waals surface area contributed by atoms with Crippen LogP contribution < -0.4 is 0 Å². The Balaban J connectivity index is 0.000000839. The van der Waals surface area contributed by atoms with E-state index in [1.54, 1.807) is 12.1 Å². The number of benzene rings is 2. The number of aromatic nitrogens is 2. The van der Waals surface area contributed by atoms with Gasteiger partial charge < -0.3 is 63.6 Å². The van der Waals surface area contributed by atoms with Crippen LogP contribution in [-0.4, -0.2) is 139 Å². The Labute approximate surface area is 323 Å². The van der Waals surface area contributed by atoms with Gasteiger partial charge in [-0.1, -0.05) is 36.4 Å². The maximum Gasteiger partial charge on any atom is 2.00 e. The first-order valence-corrected chi connectivity index (χ1v) is 15.4. The van der Waals surface area contributed by atoms with E-state index in [1.807, 2.05) is 125 Å². The molecule has 0 aliphatic carbocycles. The third-order valence-electron chi connectivity index (χ3n) is 6.23. The number of hydrogen-bond donors (Lipinski definition) is 0. The Morgan fingerprint density at radius 1 is 0.527 bits per heavy atom. The van der Waals surface area contributed by atoms with Crippen molar-refractivity contribution in [2.75, 3.05) is 70.6 Å². The van der Waals surface area contributed by atoms with Crippen LogP contribution in [0.4, 0.5) is 45.9 Å². The summed E-state index contributed by atoms with van der Waals surface area (Å²) in [5.41, 5.74) is 3.31. The van der Waals surface area contributed by atoms with Crippen LogP contribution >= 0.6 is 0 Å². The van der Waals surface area contributed by atoms with Crippen molar-refractivity contribution in [2.45, 2.75) is 0 Å². The number of ether oxygens (including phenoxy) is 2. The molecule has 12 nitrogen and oxygen atoms in total. The number of para-hydroxylation sites is 2. The molecule has 305 valence electrons. The molecular formula is C32H40B2CuF8N8O4. The molecule has 2 aromatic heterocycles. The van der Waals surface area contributed by atoms with E-state index in [1.165, 1.54) is 14.2 Å². The van der Waals surface area contributed by atoms with E-state index in [2.05, 4.69) is 20.0 Å². The minimum absolute atomic E-state index is 0. The molecule has 0 unspecified atom stereocenters. The molecular weight excluding hydrogens is 798 g/mol. The first kappa shape index (κ1) is 49.8. The number of carbonyl (C=O) groups is 2. The summed E-state index contributed by atoms with van der Waals surface area (Å²) in [6, 6.07) is 18.5. The molecule has 23 heteroatoms. The standard InChI is InChI=1S/2C16H20N4O2.2BF4.Cu/c2*1-19(2)16(20(3)4)18-12-8-6-7-11-9-10-13(15(21)22-5)17-14(11)12;2*2-1(3,4)5;/h2*6-10H,1-5H3;;;/q;;2*-1;+2. The number of aliphatic imine (C=N–C) groups is 2. The third kappa shape index (κ3) is 18.1. The van der Waals surface area contributed by atoms with Crippen LogP contribution in [0.1, 0.15) is 21.0 Å². The van der Waals surface area contributed by atoms with Gasteiger partial charge in [0.2, 0.25) is 11.9 Å². The van der Waals surface area contributed by atoms with Crippen molar-refractivity contribution < 1.29 is 70.7 Å².